The molecular weight excluding hydrogens is 198 g/mol. The Morgan fingerprint density at radius 2 is 2.20 bits per heavy atom. The minimum Gasteiger partial charge on any atom is -0.354 e. The molecule has 0 bridgehead atoms. The second-order valence-electron chi connectivity index (χ2n) is 3.18. The lowest BCUT2D eigenvalue weighted by atomic mass is 10.3. The average molecular weight is 215 g/mol. The summed E-state index contributed by atoms with van der Waals surface area (Å²) >= 11 is 0. The summed E-state index contributed by atoms with van der Waals surface area (Å²) in [5.74, 6) is 0.695. The fourth-order valence-electron chi connectivity index (χ4n) is 1.31. The van der Waals surface area contributed by atoms with Crippen LogP contribution in [0.1, 0.15) is 12.7 Å². The Labute approximate surface area is 88.9 Å². The van der Waals surface area contributed by atoms with Crippen molar-refractivity contribution in [1.29, 1.82) is 0 Å². The number of methoxy groups -OCH3 is 2. The maximum Gasteiger partial charge on any atom is 0.213 e. The van der Waals surface area contributed by atoms with Crippen LogP contribution in [0.2, 0.25) is 0 Å². The van der Waals surface area contributed by atoms with E-state index in [9.17, 15) is 0 Å². The van der Waals surface area contributed by atoms with E-state index in [-0.39, 0.29) is 12.3 Å². The molecular formula is C9H17N3O3. The highest BCUT2D eigenvalue weighted by Crippen LogP contribution is 1.98. The van der Waals surface area contributed by atoms with Gasteiger partial charge < -0.3 is 19.3 Å². The second-order valence-corrected chi connectivity index (χ2v) is 3.18. The molecule has 0 aromatic carbocycles. The van der Waals surface area contributed by atoms with Crippen molar-refractivity contribution in [2.24, 2.45) is 0 Å². The first-order valence-corrected chi connectivity index (χ1v) is 4.82. The van der Waals surface area contributed by atoms with Crippen molar-refractivity contribution in [3.05, 3.63) is 12.2 Å². The summed E-state index contributed by atoms with van der Waals surface area (Å²) in [4.78, 5) is 3.92. The van der Waals surface area contributed by atoms with Gasteiger partial charge in [0.1, 0.15) is 0 Å². The molecule has 6 heteroatoms. The second kappa shape index (κ2) is 6.49. The van der Waals surface area contributed by atoms with Crippen molar-refractivity contribution in [3.8, 4) is 0 Å². The van der Waals surface area contributed by atoms with Gasteiger partial charge in [0.2, 0.25) is 6.39 Å². The first-order chi connectivity index (χ1) is 7.27. The third-order valence-electron chi connectivity index (χ3n) is 2.09. The molecule has 0 fully saturated rings. The molecule has 1 N–H and O–H groups in total. The van der Waals surface area contributed by atoms with Crippen molar-refractivity contribution in [2.75, 3.05) is 20.8 Å². The van der Waals surface area contributed by atoms with Crippen LogP contribution in [0, 0.1) is 0 Å². The average Bonchev–Trinajstić information content (AvgIpc) is 2.72. The summed E-state index contributed by atoms with van der Waals surface area (Å²) in [7, 11) is 3.23. The predicted molar refractivity (Wildman–Crippen MR) is 53.3 cm³/mol. The van der Waals surface area contributed by atoms with Crippen molar-refractivity contribution in [3.63, 3.8) is 0 Å². The molecule has 0 spiro atoms. The molecule has 0 amide bonds. The Kier molecular flexibility index (Phi) is 5.23. The zero-order chi connectivity index (χ0) is 11.1. The predicted octanol–water partition coefficient (Wildman–Crippen LogP) is 0.209. The Hall–Kier alpha value is -0.980. The number of hydrogen-bond acceptors (Lipinski definition) is 6. The molecule has 1 heterocycles. The third-order valence-corrected chi connectivity index (χ3v) is 2.09. The van der Waals surface area contributed by atoms with Gasteiger partial charge in [-0.2, -0.15) is 4.98 Å². The summed E-state index contributed by atoms with van der Waals surface area (Å²) in [5, 5.41) is 6.96. The molecule has 1 atom stereocenters. The van der Waals surface area contributed by atoms with Gasteiger partial charge in [-0.15, -0.1) is 0 Å². The molecule has 6 nitrogen and oxygen atoms in total. The van der Waals surface area contributed by atoms with Gasteiger partial charge in [0.25, 0.3) is 0 Å². The number of nitrogens with zero attached hydrogens (tertiary/aromatic N) is 2. The lowest BCUT2D eigenvalue weighted by Gasteiger charge is -2.21. The fourth-order valence-corrected chi connectivity index (χ4v) is 1.31. The van der Waals surface area contributed by atoms with Crippen molar-refractivity contribution < 1.29 is 14.0 Å². The standard InChI is InChI=1S/C9H17N3O3/c1-7(9(13-2)14-3)10-5-4-8-11-6-15-12-8/h6-7,9-10H,4-5H2,1-3H3. The van der Waals surface area contributed by atoms with E-state index in [4.69, 9.17) is 9.47 Å². The largest absolute Gasteiger partial charge is 0.354 e. The minimum absolute atomic E-state index is 0.118. The number of ether oxygens (including phenoxy) is 2. The number of hydrogen-bond donors (Lipinski definition) is 1. The van der Waals surface area contributed by atoms with Crippen LogP contribution in [0.3, 0.4) is 0 Å². The lowest BCUT2D eigenvalue weighted by molar-refractivity contribution is -0.119. The van der Waals surface area contributed by atoms with E-state index in [0.29, 0.717) is 5.82 Å². The molecule has 0 aliphatic carbocycles. The van der Waals surface area contributed by atoms with E-state index >= 15 is 0 Å². The van der Waals surface area contributed by atoms with Crippen LogP contribution < -0.4 is 5.32 Å². The molecule has 0 radical (unpaired) electrons. The van der Waals surface area contributed by atoms with E-state index in [1.165, 1.54) is 6.39 Å². The Morgan fingerprint density at radius 1 is 1.47 bits per heavy atom. The maximum atomic E-state index is 5.11. The minimum atomic E-state index is -0.240. The van der Waals surface area contributed by atoms with Crippen molar-refractivity contribution >= 4 is 0 Å². The zero-order valence-corrected chi connectivity index (χ0v) is 9.27. The summed E-state index contributed by atoms with van der Waals surface area (Å²) in [6, 6.07) is 0.118. The van der Waals surface area contributed by atoms with Gasteiger partial charge in [0.05, 0.1) is 6.04 Å². The van der Waals surface area contributed by atoms with Gasteiger partial charge >= 0.3 is 0 Å². The van der Waals surface area contributed by atoms with Crippen LogP contribution in [0.15, 0.2) is 10.9 Å². The molecule has 0 aliphatic rings. The van der Waals surface area contributed by atoms with Gasteiger partial charge in [0, 0.05) is 27.2 Å². The summed E-state index contributed by atoms with van der Waals surface area (Å²) in [6.45, 7) is 2.75. The van der Waals surface area contributed by atoms with Crippen LogP contribution in [0.4, 0.5) is 0 Å². The third kappa shape index (κ3) is 3.94. The van der Waals surface area contributed by atoms with Crippen LogP contribution in [0.5, 0.6) is 0 Å². The molecule has 1 rings (SSSR count). The Morgan fingerprint density at radius 3 is 2.73 bits per heavy atom. The molecule has 0 saturated carbocycles. The number of nitrogens with one attached hydrogen (secondary N) is 1. The first-order valence-electron chi connectivity index (χ1n) is 4.82. The van der Waals surface area contributed by atoms with Gasteiger partial charge in [-0.3, -0.25) is 0 Å². The SMILES string of the molecule is COC(OC)C(C)NCCc1ncon1. The van der Waals surface area contributed by atoms with Gasteiger partial charge in [-0.25, -0.2) is 0 Å². The molecule has 1 unspecified atom stereocenters. The lowest BCUT2D eigenvalue weighted by Crippen LogP contribution is -2.40. The quantitative estimate of drug-likeness (QED) is 0.656. The van der Waals surface area contributed by atoms with E-state index < -0.39 is 0 Å². The molecule has 1 aromatic rings. The van der Waals surface area contributed by atoms with Crippen LogP contribution in [-0.2, 0) is 15.9 Å². The van der Waals surface area contributed by atoms with Gasteiger partial charge in [0.15, 0.2) is 12.1 Å². The topological polar surface area (TPSA) is 69.4 Å². The van der Waals surface area contributed by atoms with E-state index in [0.717, 1.165) is 13.0 Å². The van der Waals surface area contributed by atoms with Crippen LogP contribution in [0.25, 0.3) is 0 Å². The maximum absolute atomic E-state index is 5.11. The molecule has 0 aliphatic heterocycles. The number of aromatic nitrogens is 2. The fraction of sp³-hybridized carbons (Fsp3) is 0.778. The summed E-state index contributed by atoms with van der Waals surface area (Å²) < 4.78 is 14.9. The first kappa shape index (κ1) is 12.1. The van der Waals surface area contributed by atoms with Crippen LogP contribution >= 0.6 is 0 Å². The van der Waals surface area contributed by atoms with Crippen molar-refractivity contribution in [2.45, 2.75) is 25.7 Å². The Bertz CT molecular complexity index is 249. The highest BCUT2D eigenvalue weighted by molar-refractivity contribution is 4.79. The molecule has 0 saturated heterocycles. The van der Waals surface area contributed by atoms with Gasteiger partial charge in [-0.05, 0) is 6.92 Å². The highest BCUT2D eigenvalue weighted by Gasteiger charge is 2.14. The normalized spacial score (nSPS) is 13.3. The van der Waals surface area contributed by atoms with Gasteiger partial charge in [-0.1, -0.05) is 5.16 Å². The van der Waals surface area contributed by atoms with E-state index in [1.54, 1.807) is 14.2 Å². The highest BCUT2D eigenvalue weighted by atomic mass is 16.7. The van der Waals surface area contributed by atoms with Crippen molar-refractivity contribution in [1.82, 2.24) is 15.5 Å². The van der Waals surface area contributed by atoms with E-state index in [2.05, 4.69) is 20.0 Å². The van der Waals surface area contributed by atoms with Crippen LogP contribution in [-0.4, -0.2) is 43.2 Å². The number of rotatable bonds is 7. The monoisotopic (exact) mass is 215 g/mol. The summed E-state index contributed by atoms with van der Waals surface area (Å²) in [5.41, 5.74) is 0. The van der Waals surface area contributed by atoms with E-state index in [1.807, 2.05) is 6.92 Å². The summed E-state index contributed by atoms with van der Waals surface area (Å²) in [6.07, 6.45) is 1.81. The zero-order valence-electron chi connectivity index (χ0n) is 9.27. The molecule has 1 aromatic heterocycles. The molecule has 15 heavy (non-hydrogen) atoms. The Balaban J connectivity index is 2.19. The molecule has 86 valence electrons. The smallest absolute Gasteiger partial charge is 0.213 e.